The fraction of sp³-hybridized carbons (Fsp3) is 0.500. The first-order valence-corrected chi connectivity index (χ1v) is 17.0. The number of aliphatic hydroxyl groups is 1. The van der Waals surface area contributed by atoms with E-state index < -0.39 is 35.1 Å². The average molecular weight is 643 g/mol. The number of carbonyl (C=O) groups is 3. The molecule has 5 rings (SSSR count). The van der Waals surface area contributed by atoms with E-state index in [1.165, 1.54) is 0 Å². The van der Waals surface area contributed by atoms with Gasteiger partial charge in [0.15, 0.2) is 0 Å². The van der Waals surface area contributed by atoms with Crippen LogP contribution in [0, 0.1) is 17.8 Å². The standard InChI is InChI=1S/C38H50N4O5/c1-8-22-40(29-16-14-13-15-17-29)34(44)31-32-35(45)42(27(10-3)25-43)33(38(32)24-26(6)37(31,7)47-38)36(46)41(23-9-2)30-20-18-28(19-21-30)39(11-4)12-5/h8-9,13-21,26-27,31-33,43H,1-2,10-12,22-25H2,3-7H3/t26?,27-,31+,32-,33?,37-,38?/m0/s1. The van der Waals surface area contributed by atoms with Crippen molar-refractivity contribution in [3.63, 3.8) is 0 Å². The van der Waals surface area contributed by atoms with Gasteiger partial charge in [-0.1, -0.05) is 44.2 Å². The first-order chi connectivity index (χ1) is 22.6. The van der Waals surface area contributed by atoms with Crippen LogP contribution in [0.4, 0.5) is 17.1 Å². The lowest BCUT2D eigenvalue weighted by atomic mass is 9.62. The fourth-order valence-corrected chi connectivity index (χ4v) is 8.40. The van der Waals surface area contributed by atoms with Crippen LogP contribution in [0.3, 0.4) is 0 Å². The van der Waals surface area contributed by atoms with Crippen molar-refractivity contribution in [1.82, 2.24) is 4.90 Å². The van der Waals surface area contributed by atoms with Gasteiger partial charge in [-0.3, -0.25) is 14.4 Å². The van der Waals surface area contributed by atoms with E-state index in [1.54, 1.807) is 26.9 Å². The molecule has 3 fully saturated rings. The Balaban J connectivity index is 1.62. The van der Waals surface area contributed by atoms with Crippen molar-refractivity contribution in [1.29, 1.82) is 0 Å². The zero-order valence-corrected chi connectivity index (χ0v) is 28.5. The van der Waals surface area contributed by atoms with E-state index in [2.05, 4.69) is 31.9 Å². The lowest BCUT2D eigenvalue weighted by molar-refractivity contribution is -0.149. The number of hydrogen-bond donors (Lipinski definition) is 1. The molecular formula is C38H50N4O5. The second-order valence-electron chi connectivity index (χ2n) is 13.2. The summed E-state index contributed by atoms with van der Waals surface area (Å²) in [5.74, 6) is -2.70. The molecule has 9 heteroatoms. The number of ether oxygens (including phenoxy) is 1. The maximum absolute atomic E-state index is 15.0. The number of nitrogens with zero attached hydrogens (tertiary/aromatic N) is 4. The number of carbonyl (C=O) groups excluding carboxylic acids is 3. The third-order valence-electron chi connectivity index (χ3n) is 10.8. The van der Waals surface area contributed by atoms with E-state index >= 15 is 4.79 Å². The summed E-state index contributed by atoms with van der Waals surface area (Å²) in [5, 5.41) is 10.5. The molecule has 3 heterocycles. The summed E-state index contributed by atoms with van der Waals surface area (Å²) in [6.07, 6.45) is 4.22. The van der Waals surface area contributed by atoms with Crippen molar-refractivity contribution in [3.05, 3.63) is 79.9 Å². The lowest BCUT2D eigenvalue weighted by Gasteiger charge is -2.39. The molecule has 2 bridgehead atoms. The number of benzene rings is 2. The van der Waals surface area contributed by atoms with Crippen LogP contribution >= 0.6 is 0 Å². The second-order valence-corrected chi connectivity index (χ2v) is 13.2. The van der Waals surface area contributed by atoms with E-state index in [9.17, 15) is 14.7 Å². The normalized spacial score (nSPS) is 28.1. The van der Waals surface area contributed by atoms with Gasteiger partial charge < -0.3 is 29.4 Å². The largest absolute Gasteiger partial charge is 0.394 e. The highest BCUT2D eigenvalue weighted by molar-refractivity contribution is 6.07. The smallest absolute Gasteiger partial charge is 0.253 e. The molecule has 9 nitrogen and oxygen atoms in total. The van der Waals surface area contributed by atoms with Gasteiger partial charge in [0.05, 0.1) is 30.1 Å². The summed E-state index contributed by atoms with van der Waals surface area (Å²) in [6.45, 7) is 19.7. The molecule has 252 valence electrons. The van der Waals surface area contributed by atoms with Gasteiger partial charge in [0.25, 0.3) is 5.91 Å². The van der Waals surface area contributed by atoms with E-state index in [4.69, 9.17) is 4.74 Å². The fourth-order valence-electron chi connectivity index (χ4n) is 8.40. The molecule has 3 aliphatic rings. The predicted octanol–water partition coefficient (Wildman–Crippen LogP) is 5.05. The summed E-state index contributed by atoms with van der Waals surface area (Å²) in [5.41, 5.74) is 0.202. The van der Waals surface area contributed by atoms with Crippen LogP contribution in [-0.4, -0.2) is 83.8 Å². The first-order valence-electron chi connectivity index (χ1n) is 17.0. The number of amides is 3. The molecule has 0 aromatic heterocycles. The highest BCUT2D eigenvalue weighted by Gasteiger charge is 2.80. The highest BCUT2D eigenvalue weighted by atomic mass is 16.5. The maximum atomic E-state index is 15.0. The summed E-state index contributed by atoms with van der Waals surface area (Å²) < 4.78 is 7.00. The Morgan fingerprint density at radius 2 is 1.51 bits per heavy atom. The number of para-hydroxylation sites is 1. The molecule has 1 N–H and O–H groups in total. The third-order valence-corrected chi connectivity index (χ3v) is 10.8. The zero-order valence-electron chi connectivity index (χ0n) is 28.5. The Morgan fingerprint density at radius 3 is 2.04 bits per heavy atom. The summed E-state index contributed by atoms with van der Waals surface area (Å²) in [7, 11) is 0. The van der Waals surface area contributed by atoms with Gasteiger partial charge in [-0.05, 0) is 75.9 Å². The van der Waals surface area contributed by atoms with Gasteiger partial charge in [-0.15, -0.1) is 13.2 Å². The molecule has 3 amide bonds. The van der Waals surface area contributed by atoms with E-state index in [0.29, 0.717) is 24.2 Å². The molecule has 0 saturated carbocycles. The molecule has 0 aliphatic carbocycles. The topological polar surface area (TPSA) is 93.6 Å². The van der Waals surface area contributed by atoms with Crippen LogP contribution in [0.2, 0.25) is 0 Å². The Labute approximate surface area is 279 Å². The SMILES string of the molecule is C=CCN(C(=O)C1N([C@@H](CC)CO)C(=O)[C@@H]2[C@H](C(=O)N(CC=C)c3ccccc3)[C@@]3(C)OC12CC3C)c1ccc(N(CC)CC)cc1. The molecule has 3 saturated heterocycles. The highest BCUT2D eigenvalue weighted by Crippen LogP contribution is 2.66. The molecule has 2 aromatic carbocycles. The molecule has 7 atom stereocenters. The van der Waals surface area contributed by atoms with Crippen LogP contribution in [0.1, 0.15) is 47.5 Å². The van der Waals surface area contributed by atoms with Gasteiger partial charge >= 0.3 is 0 Å². The van der Waals surface area contributed by atoms with Crippen LogP contribution in [-0.2, 0) is 19.1 Å². The van der Waals surface area contributed by atoms with E-state index in [-0.39, 0.29) is 43.3 Å². The number of likely N-dealkylation sites (tertiary alicyclic amines) is 1. The van der Waals surface area contributed by atoms with Crippen LogP contribution in [0.5, 0.6) is 0 Å². The van der Waals surface area contributed by atoms with Crippen molar-refractivity contribution in [2.24, 2.45) is 17.8 Å². The summed E-state index contributed by atoms with van der Waals surface area (Å²) >= 11 is 0. The molecule has 3 unspecified atom stereocenters. The number of rotatable bonds is 14. The van der Waals surface area contributed by atoms with Crippen LogP contribution < -0.4 is 14.7 Å². The average Bonchev–Trinajstić information content (AvgIpc) is 3.60. The molecular weight excluding hydrogens is 592 g/mol. The Kier molecular flexibility index (Phi) is 9.99. The van der Waals surface area contributed by atoms with Crippen molar-refractivity contribution in [2.75, 3.05) is 47.5 Å². The monoisotopic (exact) mass is 642 g/mol. The Morgan fingerprint density at radius 1 is 0.957 bits per heavy atom. The molecule has 0 radical (unpaired) electrons. The minimum atomic E-state index is -1.25. The predicted molar refractivity (Wildman–Crippen MR) is 186 cm³/mol. The number of anilines is 3. The zero-order chi connectivity index (χ0) is 34.1. The number of fused-ring (bicyclic) bond motifs is 1. The third kappa shape index (κ3) is 5.47. The molecule has 3 aliphatic heterocycles. The van der Waals surface area contributed by atoms with Crippen molar-refractivity contribution in [3.8, 4) is 0 Å². The minimum absolute atomic E-state index is 0.118. The Bertz CT molecular complexity index is 1470. The van der Waals surface area contributed by atoms with Crippen molar-refractivity contribution < 1.29 is 24.2 Å². The van der Waals surface area contributed by atoms with Crippen LogP contribution in [0.25, 0.3) is 0 Å². The van der Waals surface area contributed by atoms with Gasteiger partial charge in [0.2, 0.25) is 11.8 Å². The first kappa shape index (κ1) is 34.4. The lowest BCUT2D eigenvalue weighted by Crippen LogP contribution is -2.59. The van der Waals surface area contributed by atoms with Crippen LogP contribution in [0.15, 0.2) is 79.9 Å². The minimum Gasteiger partial charge on any atom is -0.394 e. The maximum Gasteiger partial charge on any atom is 0.253 e. The van der Waals surface area contributed by atoms with Gasteiger partial charge in [-0.2, -0.15) is 0 Å². The molecule has 2 aromatic rings. The van der Waals surface area contributed by atoms with E-state index in [0.717, 1.165) is 18.8 Å². The Hall–Kier alpha value is -3.95. The number of hydrogen-bond acceptors (Lipinski definition) is 6. The summed E-state index contributed by atoms with van der Waals surface area (Å²) in [4.78, 5) is 51.6. The quantitative estimate of drug-likeness (QED) is 0.290. The van der Waals surface area contributed by atoms with Gasteiger partial charge in [-0.25, -0.2) is 0 Å². The molecule has 47 heavy (non-hydrogen) atoms. The second kappa shape index (κ2) is 13.6. The molecule has 1 spiro atoms. The van der Waals surface area contributed by atoms with Gasteiger partial charge in [0, 0.05) is 43.2 Å². The van der Waals surface area contributed by atoms with Crippen molar-refractivity contribution >= 4 is 34.8 Å². The van der Waals surface area contributed by atoms with Gasteiger partial charge in [0.1, 0.15) is 11.6 Å². The van der Waals surface area contributed by atoms with E-state index in [1.807, 2.05) is 75.4 Å². The summed E-state index contributed by atoms with van der Waals surface area (Å²) in [6, 6.07) is 15.5. The number of aliphatic hydroxyl groups excluding tert-OH is 1. The van der Waals surface area contributed by atoms with Crippen molar-refractivity contribution in [2.45, 2.75) is 70.7 Å².